The fourth-order valence-corrected chi connectivity index (χ4v) is 3.15. The number of ether oxygens (including phenoxy) is 1. The summed E-state index contributed by atoms with van der Waals surface area (Å²) < 4.78 is 43.8. The Balaban J connectivity index is 1.82. The smallest absolute Gasteiger partial charge is 0.416 e. The second kappa shape index (κ2) is 10.6. The summed E-state index contributed by atoms with van der Waals surface area (Å²) in [4.78, 5) is 18.5. The minimum atomic E-state index is -4.47. The number of hydrogen-bond donors (Lipinski definition) is 0. The number of carbonyl (C=O) groups is 1. The van der Waals surface area contributed by atoms with Crippen molar-refractivity contribution in [2.75, 3.05) is 13.7 Å². The Labute approximate surface area is 185 Å². The SMILES string of the molecule is COC(=NC(=O)c1ccc(C(F)(F)F)cc1)N(CCc1ccccc1)Cc1ccccc1. The Morgan fingerprint density at radius 2 is 1.44 bits per heavy atom. The number of rotatable bonds is 6. The summed E-state index contributed by atoms with van der Waals surface area (Å²) in [6.45, 7) is 0.993. The Morgan fingerprint density at radius 1 is 0.875 bits per heavy atom. The highest BCUT2D eigenvalue weighted by Gasteiger charge is 2.30. The first kappa shape index (κ1) is 23.1. The van der Waals surface area contributed by atoms with Crippen molar-refractivity contribution in [1.82, 2.24) is 4.90 Å². The van der Waals surface area contributed by atoms with Crippen LogP contribution in [0.4, 0.5) is 13.2 Å². The van der Waals surface area contributed by atoms with Gasteiger partial charge in [0.05, 0.1) is 12.7 Å². The maximum Gasteiger partial charge on any atom is 0.416 e. The molecular formula is C25H23F3N2O2. The molecule has 0 spiro atoms. The van der Waals surface area contributed by atoms with Crippen LogP contribution in [-0.2, 0) is 23.9 Å². The summed E-state index contributed by atoms with van der Waals surface area (Å²) in [5.41, 5.74) is 1.36. The maximum absolute atomic E-state index is 12.8. The van der Waals surface area contributed by atoms with Crippen LogP contribution in [0.25, 0.3) is 0 Å². The van der Waals surface area contributed by atoms with Gasteiger partial charge in [-0.05, 0) is 41.8 Å². The van der Waals surface area contributed by atoms with Gasteiger partial charge in [0.1, 0.15) is 0 Å². The van der Waals surface area contributed by atoms with Gasteiger partial charge in [0, 0.05) is 18.7 Å². The molecule has 0 heterocycles. The molecule has 0 bridgehead atoms. The maximum atomic E-state index is 12.8. The molecule has 0 unspecified atom stereocenters. The van der Waals surface area contributed by atoms with Gasteiger partial charge in [-0.15, -0.1) is 0 Å². The lowest BCUT2D eigenvalue weighted by atomic mass is 10.1. The van der Waals surface area contributed by atoms with E-state index in [0.717, 1.165) is 35.4 Å². The zero-order valence-corrected chi connectivity index (χ0v) is 17.5. The van der Waals surface area contributed by atoms with Gasteiger partial charge in [-0.3, -0.25) is 4.79 Å². The zero-order valence-electron chi connectivity index (χ0n) is 17.5. The number of alkyl halides is 3. The van der Waals surface area contributed by atoms with E-state index in [0.29, 0.717) is 19.5 Å². The molecule has 0 radical (unpaired) electrons. The molecule has 0 N–H and O–H groups in total. The van der Waals surface area contributed by atoms with Gasteiger partial charge < -0.3 is 9.64 Å². The fourth-order valence-electron chi connectivity index (χ4n) is 3.15. The summed E-state index contributed by atoms with van der Waals surface area (Å²) in [6.07, 6.45) is -3.77. The molecule has 0 aromatic heterocycles. The Hall–Kier alpha value is -3.61. The molecule has 0 aliphatic heterocycles. The molecule has 0 saturated heterocycles. The van der Waals surface area contributed by atoms with E-state index in [4.69, 9.17) is 4.74 Å². The summed E-state index contributed by atoms with van der Waals surface area (Å²) in [5.74, 6) is -0.673. The monoisotopic (exact) mass is 440 g/mol. The van der Waals surface area contributed by atoms with Gasteiger partial charge in [0.2, 0.25) is 0 Å². The highest BCUT2D eigenvalue weighted by atomic mass is 19.4. The molecule has 166 valence electrons. The molecule has 7 heteroatoms. The fraction of sp³-hybridized carbons (Fsp3) is 0.200. The number of aliphatic imine (C=N–C) groups is 1. The predicted molar refractivity (Wildman–Crippen MR) is 117 cm³/mol. The second-order valence-corrected chi connectivity index (χ2v) is 7.12. The second-order valence-electron chi connectivity index (χ2n) is 7.12. The van der Waals surface area contributed by atoms with Crippen LogP contribution in [0.2, 0.25) is 0 Å². The van der Waals surface area contributed by atoms with Crippen molar-refractivity contribution in [2.45, 2.75) is 19.1 Å². The molecule has 3 rings (SSSR count). The Morgan fingerprint density at radius 3 is 1.97 bits per heavy atom. The van der Waals surface area contributed by atoms with Crippen LogP contribution in [0, 0.1) is 0 Å². The van der Waals surface area contributed by atoms with Gasteiger partial charge in [0.25, 0.3) is 11.9 Å². The average Bonchev–Trinajstić information content (AvgIpc) is 2.81. The first-order valence-electron chi connectivity index (χ1n) is 10.0. The summed E-state index contributed by atoms with van der Waals surface area (Å²) >= 11 is 0. The van der Waals surface area contributed by atoms with Crippen LogP contribution in [0.5, 0.6) is 0 Å². The molecule has 0 aliphatic rings. The molecule has 0 aliphatic carbocycles. The molecular weight excluding hydrogens is 417 g/mol. The standard InChI is InChI=1S/C25H23F3N2O2/c1-32-24(29-23(31)21-12-14-22(15-13-21)25(26,27)28)30(18-20-10-6-3-7-11-20)17-16-19-8-4-2-5-9-19/h2-15H,16-18H2,1H3. The summed E-state index contributed by atoms with van der Waals surface area (Å²) in [5, 5.41) is 0. The van der Waals surface area contributed by atoms with E-state index in [-0.39, 0.29) is 11.6 Å². The van der Waals surface area contributed by atoms with E-state index < -0.39 is 17.6 Å². The van der Waals surface area contributed by atoms with Crippen molar-refractivity contribution in [3.63, 3.8) is 0 Å². The average molecular weight is 440 g/mol. The number of nitrogens with zero attached hydrogens (tertiary/aromatic N) is 2. The number of halogens is 3. The third-order valence-corrected chi connectivity index (χ3v) is 4.84. The van der Waals surface area contributed by atoms with Crippen molar-refractivity contribution in [3.8, 4) is 0 Å². The zero-order chi connectivity index (χ0) is 23.0. The van der Waals surface area contributed by atoms with E-state index in [1.807, 2.05) is 65.6 Å². The van der Waals surface area contributed by atoms with Gasteiger partial charge in [-0.1, -0.05) is 60.7 Å². The first-order valence-corrected chi connectivity index (χ1v) is 10.0. The number of carbonyl (C=O) groups excluding carboxylic acids is 1. The number of hydrogen-bond acceptors (Lipinski definition) is 2. The lowest BCUT2D eigenvalue weighted by molar-refractivity contribution is -0.137. The minimum absolute atomic E-state index is 0.0512. The van der Waals surface area contributed by atoms with Crippen LogP contribution in [0.1, 0.15) is 27.0 Å². The molecule has 0 fully saturated rings. The van der Waals surface area contributed by atoms with Gasteiger partial charge in [0.15, 0.2) is 0 Å². The van der Waals surface area contributed by atoms with Crippen LogP contribution >= 0.6 is 0 Å². The number of methoxy groups -OCH3 is 1. The van der Waals surface area contributed by atoms with Crippen LogP contribution in [0.3, 0.4) is 0 Å². The van der Waals surface area contributed by atoms with Crippen molar-refractivity contribution >= 4 is 11.9 Å². The van der Waals surface area contributed by atoms with Crippen molar-refractivity contribution in [1.29, 1.82) is 0 Å². The number of amides is 1. The van der Waals surface area contributed by atoms with Crippen LogP contribution < -0.4 is 0 Å². The third kappa shape index (κ3) is 6.44. The van der Waals surface area contributed by atoms with Gasteiger partial charge in [-0.25, -0.2) is 0 Å². The largest absolute Gasteiger partial charge is 0.468 e. The van der Waals surface area contributed by atoms with Gasteiger partial charge >= 0.3 is 6.18 Å². The van der Waals surface area contributed by atoms with E-state index in [2.05, 4.69) is 4.99 Å². The molecule has 1 amide bonds. The number of benzene rings is 3. The van der Waals surface area contributed by atoms with Gasteiger partial charge in [-0.2, -0.15) is 18.2 Å². The Bertz CT molecular complexity index is 1030. The first-order chi connectivity index (χ1) is 15.4. The quantitative estimate of drug-likeness (QED) is 0.371. The third-order valence-electron chi connectivity index (χ3n) is 4.84. The molecule has 3 aromatic carbocycles. The summed E-state index contributed by atoms with van der Waals surface area (Å²) in [6, 6.07) is 23.6. The van der Waals surface area contributed by atoms with Crippen molar-refractivity contribution in [2.24, 2.45) is 4.99 Å². The minimum Gasteiger partial charge on any atom is -0.468 e. The lowest BCUT2D eigenvalue weighted by Crippen LogP contribution is -2.34. The van der Waals surface area contributed by atoms with E-state index in [1.54, 1.807) is 0 Å². The van der Waals surface area contributed by atoms with Crippen molar-refractivity contribution in [3.05, 3.63) is 107 Å². The van der Waals surface area contributed by atoms with Crippen LogP contribution in [-0.4, -0.2) is 30.5 Å². The number of amidine groups is 1. The molecule has 3 aromatic rings. The molecule has 4 nitrogen and oxygen atoms in total. The van der Waals surface area contributed by atoms with E-state index >= 15 is 0 Å². The molecule has 32 heavy (non-hydrogen) atoms. The van der Waals surface area contributed by atoms with E-state index in [1.165, 1.54) is 7.11 Å². The highest BCUT2D eigenvalue weighted by Crippen LogP contribution is 2.29. The molecule has 0 atom stereocenters. The Kier molecular flexibility index (Phi) is 7.65. The van der Waals surface area contributed by atoms with E-state index in [9.17, 15) is 18.0 Å². The van der Waals surface area contributed by atoms with Crippen molar-refractivity contribution < 1.29 is 22.7 Å². The predicted octanol–water partition coefficient (Wildman–Crippen LogP) is 5.59. The summed E-state index contributed by atoms with van der Waals surface area (Å²) in [7, 11) is 1.42. The lowest BCUT2D eigenvalue weighted by Gasteiger charge is -2.24. The van der Waals surface area contributed by atoms with Crippen LogP contribution in [0.15, 0.2) is 89.9 Å². The normalized spacial score (nSPS) is 11.8. The highest BCUT2D eigenvalue weighted by molar-refractivity contribution is 6.01. The molecule has 0 saturated carbocycles. The topological polar surface area (TPSA) is 41.9 Å².